The number of carbonyl (C=O) groups is 3. The zero-order chi connectivity index (χ0) is 29.7. The molecule has 0 radical (unpaired) electrons. The lowest BCUT2D eigenvalue weighted by molar-refractivity contribution is -0.150. The Labute approximate surface area is 245 Å². The summed E-state index contributed by atoms with van der Waals surface area (Å²) in [5.41, 5.74) is 0. The maximum atomic E-state index is 12.4. The van der Waals surface area contributed by atoms with Crippen molar-refractivity contribution in [2.24, 2.45) is 0 Å². The molecular formula is C33H59NO6. The molecule has 40 heavy (non-hydrogen) atoms. The van der Waals surface area contributed by atoms with Crippen LogP contribution < -0.4 is 0 Å². The van der Waals surface area contributed by atoms with Gasteiger partial charge in [-0.3, -0.25) is 14.4 Å². The van der Waals surface area contributed by atoms with E-state index in [9.17, 15) is 14.4 Å². The third-order valence-corrected chi connectivity index (χ3v) is 6.58. The largest absolute Gasteiger partial charge is 0.462 e. The standard InChI is InChI=1S/C33H59NO6/c1-5-7-19-28-38-31(35)24-17-13-9-11-15-22-30(40-33(37)26-21-27-34(3)4)23-16-12-10-14-18-25-32(36)39-29-20-8-6-2/h7-8,19-20,30H,5-6,9-18,21-29H2,1-4H3/b19-7-,20-8-. The molecule has 0 fully saturated rings. The SMILES string of the molecule is CC/C=C\COC(=O)CCCCCCCC(CCCCCCCC(=O)OC/C=C\CC)OC(=O)CCCN(C)C. The van der Waals surface area contributed by atoms with Gasteiger partial charge in [0.15, 0.2) is 0 Å². The maximum Gasteiger partial charge on any atom is 0.306 e. The van der Waals surface area contributed by atoms with Crippen LogP contribution in [0.1, 0.15) is 129 Å². The van der Waals surface area contributed by atoms with Crippen LogP contribution in [0.2, 0.25) is 0 Å². The van der Waals surface area contributed by atoms with Gasteiger partial charge in [-0.05, 0) is 78.4 Å². The second-order valence-corrected chi connectivity index (χ2v) is 10.8. The number of allylic oxidation sites excluding steroid dienone is 2. The first kappa shape index (κ1) is 37.9. The van der Waals surface area contributed by atoms with Crippen LogP contribution in [-0.4, -0.2) is 62.8 Å². The maximum absolute atomic E-state index is 12.4. The van der Waals surface area contributed by atoms with Crippen LogP contribution in [0.25, 0.3) is 0 Å². The van der Waals surface area contributed by atoms with E-state index < -0.39 is 0 Å². The van der Waals surface area contributed by atoms with Gasteiger partial charge in [0.1, 0.15) is 19.3 Å². The summed E-state index contributed by atoms with van der Waals surface area (Å²) in [6.07, 6.45) is 23.7. The molecular weight excluding hydrogens is 506 g/mol. The Hall–Kier alpha value is -2.15. The van der Waals surface area contributed by atoms with Crippen LogP contribution in [0.5, 0.6) is 0 Å². The molecule has 0 atom stereocenters. The number of nitrogens with zero attached hydrogens (tertiary/aromatic N) is 1. The molecule has 0 bridgehead atoms. The van der Waals surface area contributed by atoms with Gasteiger partial charge in [-0.25, -0.2) is 0 Å². The molecule has 0 aromatic rings. The number of unbranched alkanes of at least 4 members (excludes halogenated alkanes) is 8. The van der Waals surface area contributed by atoms with E-state index in [1.807, 2.05) is 38.4 Å². The molecule has 0 aliphatic heterocycles. The quantitative estimate of drug-likeness (QED) is 0.0436. The smallest absolute Gasteiger partial charge is 0.306 e. The molecule has 232 valence electrons. The lowest BCUT2D eigenvalue weighted by atomic mass is 10.0. The Morgan fingerprint density at radius 2 is 1.00 bits per heavy atom. The summed E-state index contributed by atoms with van der Waals surface area (Å²) in [6, 6.07) is 0. The van der Waals surface area contributed by atoms with Crippen molar-refractivity contribution in [1.82, 2.24) is 4.90 Å². The van der Waals surface area contributed by atoms with Crippen LogP contribution in [0, 0.1) is 0 Å². The number of hydrogen-bond acceptors (Lipinski definition) is 7. The molecule has 7 nitrogen and oxygen atoms in total. The summed E-state index contributed by atoms with van der Waals surface area (Å²) < 4.78 is 16.2. The minimum absolute atomic E-state index is 0.0239. The third-order valence-electron chi connectivity index (χ3n) is 6.58. The summed E-state index contributed by atoms with van der Waals surface area (Å²) >= 11 is 0. The molecule has 0 aliphatic carbocycles. The van der Waals surface area contributed by atoms with Gasteiger partial charge in [-0.15, -0.1) is 0 Å². The fourth-order valence-electron chi connectivity index (χ4n) is 4.29. The molecule has 0 heterocycles. The van der Waals surface area contributed by atoms with Gasteiger partial charge in [-0.2, -0.15) is 0 Å². The fourth-order valence-corrected chi connectivity index (χ4v) is 4.29. The highest BCUT2D eigenvalue weighted by molar-refractivity contribution is 5.70. The third kappa shape index (κ3) is 27.4. The monoisotopic (exact) mass is 565 g/mol. The predicted molar refractivity (Wildman–Crippen MR) is 163 cm³/mol. The van der Waals surface area contributed by atoms with E-state index in [4.69, 9.17) is 14.2 Å². The summed E-state index contributed by atoms with van der Waals surface area (Å²) in [7, 11) is 4.02. The number of hydrogen-bond donors (Lipinski definition) is 0. The van der Waals surface area contributed by atoms with E-state index in [0.717, 1.165) is 103 Å². The molecule has 0 aliphatic rings. The summed E-state index contributed by atoms with van der Waals surface area (Å²) in [5.74, 6) is -0.338. The van der Waals surface area contributed by atoms with Crippen LogP contribution >= 0.6 is 0 Å². The molecule has 0 rings (SSSR count). The van der Waals surface area contributed by atoms with Crippen molar-refractivity contribution in [2.75, 3.05) is 33.9 Å². The lowest BCUT2D eigenvalue weighted by Crippen LogP contribution is -2.20. The summed E-state index contributed by atoms with van der Waals surface area (Å²) in [5, 5.41) is 0. The molecule has 0 aromatic carbocycles. The first-order valence-electron chi connectivity index (χ1n) is 15.8. The van der Waals surface area contributed by atoms with Crippen molar-refractivity contribution in [3.05, 3.63) is 24.3 Å². The van der Waals surface area contributed by atoms with Gasteiger partial charge in [0, 0.05) is 19.3 Å². The minimum atomic E-state index is -0.123. The van der Waals surface area contributed by atoms with Gasteiger partial charge in [0.05, 0.1) is 0 Å². The topological polar surface area (TPSA) is 82.1 Å². The fraction of sp³-hybridized carbons (Fsp3) is 0.788. The second kappa shape index (κ2) is 28.4. The first-order valence-corrected chi connectivity index (χ1v) is 15.8. The van der Waals surface area contributed by atoms with E-state index >= 15 is 0 Å². The van der Waals surface area contributed by atoms with Gasteiger partial charge in [0.25, 0.3) is 0 Å². The second-order valence-electron chi connectivity index (χ2n) is 10.8. The number of esters is 3. The van der Waals surface area contributed by atoms with Crippen LogP contribution in [0.3, 0.4) is 0 Å². The molecule has 0 N–H and O–H groups in total. The molecule has 0 saturated heterocycles. The Kier molecular flexibility index (Phi) is 26.9. The Morgan fingerprint density at radius 1 is 0.575 bits per heavy atom. The molecule has 0 saturated carbocycles. The highest BCUT2D eigenvalue weighted by Crippen LogP contribution is 2.18. The zero-order valence-electron chi connectivity index (χ0n) is 26.1. The molecule has 7 heteroatoms. The van der Waals surface area contributed by atoms with Gasteiger partial charge < -0.3 is 19.1 Å². The molecule has 0 aromatic heterocycles. The van der Waals surface area contributed by atoms with Crippen molar-refractivity contribution < 1.29 is 28.6 Å². The van der Waals surface area contributed by atoms with Gasteiger partial charge in [0.2, 0.25) is 0 Å². The average molecular weight is 566 g/mol. The van der Waals surface area contributed by atoms with Crippen LogP contribution in [0.4, 0.5) is 0 Å². The predicted octanol–water partition coefficient (Wildman–Crippen LogP) is 7.72. The van der Waals surface area contributed by atoms with Crippen molar-refractivity contribution in [2.45, 2.75) is 136 Å². The number of ether oxygens (including phenoxy) is 3. The highest BCUT2D eigenvalue weighted by atomic mass is 16.5. The molecule has 0 spiro atoms. The van der Waals surface area contributed by atoms with Crippen molar-refractivity contribution in [3.8, 4) is 0 Å². The van der Waals surface area contributed by atoms with E-state index in [0.29, 0.717) is 32.5 Å². The summed E-state index contributed by atoms with van der Waals surface area (Å²) in [6.45, 7) is 5.72. The Morgan fingerprint density at radius 3 is 1.45 bits per heavy atom. The highest BCUT2D eigenvalue weighted by Gasteiger charge is 2.14. The van der Waals surface area contributed by atoms with Crippen LogP contribution in [-0.2, 0) is 28.6 Å². The van der Waals surface area contributed by atoms with Crippen LogP contribution in [0.15, 0.2) is 24.3 Å². The van der Waals surface area contributed by atoms with Gasteiger partial charge >= 0.3 is 17.9 Å². The number of carbonyl (C=O) groups excluding carboxylic acids is 3. The van der Waals surface area contributed by atoms with Gasteiger partial charge in [-0.1, -0.05) is 76.7 Å². The molecule has 0 unspecified atom stereocenters. The first-order chi connectivity index (χ1) is 19.4. The Bertz CT molecular complexity index is 644. The number of rotatable bonds is 27. The minimum Gasteiger partial charge on any atom is -0.462 e. The van der Waals surface area contributed by atoms with Crippen molar-refractivity contribution >= 4 is 17.9 Å². The Balaban J connectivity index is 4.16. The van der Waals surface area contributed by atoms with Crippen molar-refractivity contribution in [1.29, 1.82) is 0 Å². The van der Waals surface area contributed by atoms with E-state index in [-0.39, 0.29) is 24.0 Å². The van der Waals surface area contributed by atoms with E-state index in [1.165, 1.54) is 0 Å². The normalized spacial score (nSPS) is 11.7. The van der Waals surface area contributed by atoms with E-state index in [2.05, 4.69) is 18.7 Å². The lowest BCUT2D eigenvalue weighted by Gasteiger charge is -2.18. The summed E-state index contributed by atoms with van der Waals surface area (Å²) in [4.78, 5) is 38.0. The zero-order valence-corrected chi connectivity index (χ0v) is 26.1. The van der Waals surface area contributed by atoms with E-state index in [1.54, 1.807) is 0 Å². The molecule has 0 amide bonds. The van der Waals surface area contributed by atoms with Crippen molar-refractivity contribution in [3.63, 3.8) is 0 Å². The average Bonchev–Trinajstić information content (AvgIpc) is 2.92.